The first-order valence-electron chi connectivity index (χ1n) is 8.79. The second-order valence-electron chi connectivity index (χ2n) is 6.66. The molecule has 27 heavy (non-hydrogen) atoms. The van der Waals surface area contributed by atoms with Gasteiger partial charge in [-0.05, 0) is 37.1 Å². The zero-order valence-electron chi connectivity index (χ0n) is 14.8. The average molecular weight is 496 g/mol. The van der Waals surface area contributed by atoms with E-state index in [4.69, 9.17) is 11.6 Å². The Kier molecular flexibility index (Phi) is 5.23. The Morgan fingerprint density at radius 3 is 2.78 bits per heavy atom. The highest BCUT2D eigenvalue weighted by Crippen LogP contribution is 2.28. The lowest BCUT2D eigenvalue weighted by Gasteiger charge is -2.29. The third-order valence-electron chi connectivity index (χ3n) is 4.83. The molecule has 3 aromatic rings. The molecule has 0 amide bonds. The molecule has 8 heteroatoms. The highest BCUT2D eigenvalue weighted by Gasteiger charge is 2.20. The van der Waals surface area contributed by atoms with Crippen LogP contribution in [0.5, 0.6) is 0 Å². The van der Waals surface area contributed by atoms with E-state index >= 15 is 0 Å². The minimum absolute atomic E-state index is 0.0260. The predicted molar refractivity (Wildman–Crippen MR) is 119 cm³/mol. The van der Waals surface area contributed by atoms with E-state index in [0.29, 0.717) is 16.8 Å². The molecule has 0 radical (unpaired) electrons. The second kappa shape index (κ2) is 7.63. The number of halogens is 2. The van der Waals surface area contributed by atoms with E-state index in [2.05, 4.69) is 42.8 Å². The topological polar surface area (TPSA) is 63.1 Å². The van der Waals surface area contributed by atoms with Crippen molar-refractivity contribution in [2.24, 2.45) is 7.05 Å². The maximum Gasteiger partial charge on any atom is 0.250 e. The van der Waals surface area contributed by atoms with Crippen LogP contribution in [0.4, 0.5) is 17.5 Å². The second-order valence-corrected chi connectivity index (χ2v) is 8.83. The zero-order valence-corrected chi connectivity index (χ0v) is 17.7. The minimum Gasteiger partial charge on any atom is -0.341 e. The van der Waals surface area contributed by atoms with Crippen molar-refractivity contribution in [2.75, 3.05) is 23.3 Å². The van der Waals surface area contributed by atoms with Crippen molar-refractivity contribution in [3.05, 3.63) is 51.9 Å². The highest BCUT2D eigenvalue weighted by atomic mass is 127. The molecule has 0 saturated carbocycles. The van der Waals surface area contributed by atoms with Crippen LogP contribution in [0.3, 0.4) is 0 Å². The predicted octanol–water partition coefficient (Wildman–Crippen LogP) is 4.13. The van der Waals surface area contributed by atoms with Crippen molar-refractivity contribution in [3.8, 4) is 0 Å². The Morgan fingerprint density at radius 1 is 1.22 bits per heavy atom. The van der Waals surface area contributed by atoms with Crippen LogP contribution in [0.1, 0.15) is 12.8 Å². The maximum atomic E-state index is 11.8. The molecule has 6 nitrogen and oxygen atoms in total. The van der Waals surface area contributed by atoms with Crippen molar-refractivity contribution in [3.63, 3.8) is 0 Å². The monoisotopic (exact) mass is 495 g/mol. The minimum atomic E-state index is -0.0260. The first-order valence-corrected chi connectivity index (χ1v) is 10.4. The van der Waals surface area contributed by atoms with Gasteiger partial charge in [0, 0.05) is 41.2 Å². The molecule has 0 aliphatic carbocycles. The highest BCUT2D eigenvalue weighted by molar-refractivity contribution is 14.1. The number of hydrogen-bond acceptors (Lipinski definition) is 5. The summed E-state index contributed by atoms with van der Waals surface area (Å²) in [5, 5.41) is 4.73. The molecule has 1 N–H and O–H groups in total. The number of pyridine rings is 1. The summed E-state index contributed by atoms with van der Waals surface area (Å²) in [6.45, 7) is 1.91. The van der Waals surface area contributed by atoms with Crippen LogP contribution in [-0.4, -0.2) is 31.5 Å². The fourth-order valence-corrected chi connectivity index (χ4v) is 3.94. The lowest BCUT2D eigenvalue weighted by Crippen LogP contribution is -2.35. The lowest BCUT2D eigenvalue weighted by atomic mass is 10.1. The molecule has 1 saturated heterocycles. The van der Waals surface area contributed by atoms with Crippen molar-refractivity contribution in [1.82, 2.24) is 14.5 Å². The maximum absolute atomic E-state index is 11.8. The van der Waals surface area contributed by atoms with Gasteiger partial charge in [-0.2, -0.15) is 4.98 Å². The van der Waals surface area contributed by atoms with Gasteiger partial charge in [0.15, 0.2) is 5.82 Å². The number of benzene rings is 1. The van der Waals surface area contributed by atoms with Crippen LogP contribution in [0.2, 0.25) is 5.02 Å². The van der Waals surface area contributed by atoms with Gasteiger partial charge in [0.05, 0.1) is 11.7 Å². The number of aryl methyl sites for hydroxylation is 1. The fraction of sp³-hybridized carbons (Fsp3) is 0.316. The van der Waals surface area contributed by atoms with Gasteiger partial charge < -0.3 is 14.8 Å². The first-order chi connectivity index (χ1) is 13.0. The molecule has 1 aliphatic heterocycles. The molecule has 0 spiro atoms. The normalized spacial score (nSPS) is 15.3. The fourth-order valence-electron chi connectivity index (χ4n) is 3.25. The third kappa shape index (κ3) is 3.89. The Morgan fingerprint density at radius 2 is 2.00 bits per heavy atom. The Balaban J connectivity index is 1.62. The van der Waals surface area contributed by atoms with Crippen molar-refractivity contribution >= 4 is 62.5 Å². The van der Waals surface area contributed by atoms with Gasteiger partial charge in [0.2, 0.25) is 5.95 Å². The number of rotatable bonds is 3. The van der Waals surface area contributed by atoms with Gasteiger partial charge >= 0.3 is 0 Å². The van der Waals surface area contributed by atoms with E-state index in [1.807, 2.05) is 24.3 Å². The molecule has 1 fully saturated rings. The number of alkyl halides is 1. The third-order valence-corrected chi connectivity index (χ3v) is 6.35. The van der Waals surface area contributed by atoms with Crippen LogP contribution in [0.15, 0.2) is 41.3 Å². The average Bonchev–Trinajstić information content (AvgIpc) is 2.67. The summed E-state index contributed by atoms with van der Waals surface area (Å²) >= 11 is 8.82. The molecule has 1 aliphatic rings. The summed E-state index contributed by atoms with van der Waals surface area (Å²) in [4.78, 5) is 23.0. The van der Waals surface area contributed by atoms with E-state index in [9.17, 15) is 4.79 Å². The van der Waals surface area contributed by atoms with Gasteiger partial charge in [0.1, 0.15) is 5.02 Å². The summed E-state index contributed by atoms with van der Waals surface area (Å²) < 4.78 is 2.35. The summed E-state index contributed by atoms with van der Waals surface area (Å²) in [7, 11) is 1.77. The van der Waals surface area contributed by atoms with Gasteiger partial charge in [-0.3, -0.25) is 4.79 Å². The Labute approximate surface area is 175 Å². The molecule has 1 aromatic carbocycles. The van der Waals surface area contributed by atoms with Crippen LogP contribution in [0.25, 0.3) is 10.9 Å². The van der Waals surface area contributed by atoms with Gasteiger partial charge in [-0.15, -0.1) is 0 Å². The standard InChI is InChI=1S/C19H19ClIN5O/c1-25-16-4-3-14(10-12(16)2-5-17(25)27)23-18-15(20)11-22-19(24-18)26-8-6-13(21)7-9-26/h2-5,10-11,13H,6-9H2,1H3,(H,22,23,24). The largest absolute Gasteiger partial charge is 0.341 e. The van der Waals surface area contributed by atoms with Crippen LogP contribution >= 0.6 is 34.2 Å². The van der Waals surface area contributed by atoms with Gasteiger partial charge in [0.25, 0.3) is 5.56 Å². The molecular weight excluding hydrogens is 477 g/mol. The smallest absolute Gasteiger partial charge is 0.250 e. The van der Waals surface area contributed by atoms with Crippen LogP contribution in [-0.2, 0) is 7.05 Å². The summed E-state index contributed by atoms with van der Waals surface area (Å²) in [6, 6.07) is 9.21. The lowest BCUT2D eigenvalue weighted by molar-refractivity contribution is 0.594. The SMILES string of the molecule is Cn1c(=O)ccc2cc(Nc3nc(N4CCC(I)CC4)ncc3Cl)ccc21. The zero-order chi connectivity index (χ0) is 19.0. The van der Waals surface area contributed by atoms with Crippen LogP contribution in [0, 0.1) is 0 Å². The number of nitrogens with one attached hydrogen (secondary N) is 1. The number of piperidine rings is 1. The Hall–Kier alpha value is -1.87. The molecule has 2 aromatic heterocycles. The van der Waals surface area contributed by atoms with Crippen molar-refractivity contribution in [2.45, 2.75) is 16.8 Å². The van der Waals surface area contributed by atoms with E-state index in [1.54, 1.807) is 23.9 Å². The molecule has 3 heterocycles. The van der Waals surface area contributed by atoms with E-state index in [1.165, 1.54) is 0 Å². The number of nitrogens with zero attached hydrogens (tertiary/aromatic N) is 4. The summed E-state index contributed by atoms with van der Waals surface area (Å²) in [5.74, 6) is 1.29. The molecular formula is C19H19ClIN5O. The molecule has 0 unspecified atom stereocenters. The quantitative estimate of drug-likeness (QED) is 0.437. The number of aromatic nitrogens is 3. The van der Waals surface area contributed by atoms with Crippen molar-refractivity contribution in [1.29, 1.82) is 0 Å². The summed E-state index contributed by atoms with van der Waals surface area (Å²) in [6.07, 6.45) is 3.92. The molecule has 0 bridgehead atoms. The summed E-state index contributed by atoms with van der Waals surface area (Å²) in [5.41, 5.74) is 1.71. The molecule has 140 valence electrons. The van der Waals surface area contributed by atoms with Crippen LogP contribution < -0.4 is 15.8 Å². The molecule has 4 rings (SSSR count). The van der Waals surface area contributed by atoms with E-state index in [0.717, 1.165) is 46.4 Å². The van der Waals surface area contributed by atoms with Gasteiger partial charge in [-0.1, -0.05) is 34.2 Å². The van der Waals surface area contributed by atoms with E-state index in [-0.39, 0.29) is 5.56 Å². The Bertz CT molecular complexity index is 1050. The van der Waals surface area contributed by atoms with E-state index < -0.39 is 0 Å². The first kappa shape index (κ1) is 18.5. The number of anilines is 3. The molecule has 0 atom stereocenters. The van der Waals surface area contributed by atoms with Crippen molar-refractivity contribution < 1.29 is 0 Å². The number of fused-ring (bicyclic) bond motifs is 1. The number of hydrogen-bond donors (Lipinski definition) is 1. The van der Waals surface area contributed by atoms with Gasteiger partial charge in [-0.25, -0.2) is 4.98 Å².